The fourth-order valence-corrected chi connectivity index (χ4v) is 1.72. The third-order valence-corrected chi connectivity index (χ3v) is 2.69. The molecule has 0 fully saturated rings. The van der Waals surface area contributed by atoms with E-state index >= 15 is 0 Å². The molecule has 0 aliphatic rings. The number of hydrogen-bond donors (Lipinski definition) is 2. The average molecular weight is 231 g/mol. The van der Waals surface area contributed by atoms with E-state index in [2.05, 4.69) is 0 Å². The molecule has 84 valence electrons. The van der Waals surface area contributed by atoms with Gasteiger partial charge in [-0.2, -0.15) is 0 Å². The molecule has 0 saturated carbocycles. The summed E-state index contributed by atoms with van der Waals surface area (Å²) in [7, 11) is -3.77. The predicted octanol–water partition coefficient (Wildman–Crippen LogP) is 0.0357. The van der Waals surface area contributed by atoms with Gasteiger partial charge in [-0.05, 0) is 6.42 Å². The number of nitrogens with one attached hydrogen (secondary N) is 1. The monoisotopic (exact) mass is 231 g/mol. The molecule has 0 amide bonds. The van der Waals surface area contributed by atoms with Crippen LogP contribution in [0.25, 0.3) is 0 Å². The quantitative estimate of drug-likeness (QED) is 0.647. The Morgan fingerprint density at radius 2 is 2.00 bits per heavy atom. The van der Waals surface area contributed by atoms with Gasteiger partial charge in [-0.3, -0.25) is 4.79 Å². The molecule has 0 bridgehead atoms. The first-order valence-electron chi connectivity index (χ1n) is 3.81. The minimum absolute atomic E-state index is 0.0894. The van der Waals surface area contributed by atoms with Gasteiger partial charge in [0.15, 0.2) is 0 Å². The number of rotatable bonds is 7. The molecule has 0 aromatic carbocycles. The van der Waals surface area contributed by atoms with Crippen LogP contribution >= 0.6 is 0 Å². The van der Waals surface area contributed by atoms with Gasteiger partial charge in [0, 0.05) is 6.42 Å². The Bertz CT molecular complexity index is 278. The van der Waals surface area contributed by atoms with Crippen LogP contribution in [0.5, 0.6) is 0 Å². The number of carboxylic acids is 1. The zero-order valence-corrected chi connectivity index (χ0v) is 8.06. The summed E-state index contributed by atoms with van der Waals surface area (Å²) in [5, 5.41) is 8.19. The Labute approximate surface area is 80.2 Å². The van der Waals surface area contributed by atoms with Gasteiger partial charge in [0.05, 0.1) is 12.3 Å². The van der Waals surface area contributed by atoms with Crippen molar-refractivity contribution in [3.63, 3.8) is 0 Å². The molecule has 0 atom stereocenters. The lowest BCUT2D eigenvalue weighted by atomic mass is 10.3. The molecule has 5 nitrogen and oxygen atoms in total. The van der Waals surface area contributed by atoms with Crippen molar-refractivity contribution in [1.29, 1.82) is 0 Å². The normalized spacial score (nSPS) is 11.9. The average Bonchev–Trinajstić information content (AvgIpc) is 2.00. The highest BCUT2D eigenvalue weighted by Gasteiger charge is 2.13. The predicted molar refractivity (Wildman–Crippen MR) is 44.7 cm³/mol. The van der Waals surface area contributed by atoms with Crippen LogP contribution < -0.4 is 4.72 Å². The van der Waals surface area contributed by atoms with E-state index in [9.17, 15) is 22.0 Å². The van der Waals surface area contributed by atoms with Crippen molar-refractivity contribution in [3.8, 4) is 0 Å². The molecule has 0 saturated heterocycles. The zero-order valence-electron chi connectivity index (χ0n) is 7.24. The van der Waals surface area contributed by atoms with Gasteiger partial charge in [-0.15, -0.1) is 0 Å². The summed E-state index contributed by atoms with van der Waals surface area (Å²) in [5.41, 5.74) is 0. The number of aliphatic carboxylic acids is 1. The van der Waals surface area contributed by atoms with Crippen LogP contribution in [0.2, 0.25) is 0 Å². The van der Waals surface area contributed by atoms with E-state index in [1.807, 2.05) is 0 Å². The summed E-state index contributed by atoms with van der Waals surface area (Å²) >= 11 is 0. The number of sulfonamides is 1. The summed E-state index contributed by atoms with van der Waals surface area (Å²) < 4.78 is 46.6. The highest BCUT2D eigenvalue weighted by Crippen LogP contribution is 1.96. The minimum Gasteiger partial charge on any atom is -0.481 e. The molecule has 2 N–H and O–H groups in total. The van der Waals surface area contributed by atoms with Crippen molar-refractivity contribution in [2.24, 2.45) is 0 Å². The zero-order chi connectivity index (χ0) is 11.2. The summed E-state index contributed by atoms with van der Waals surface area (Å²) in [5.74, 6) is -1.57. The second kappa shape index (κ2) is 5.86. The van der Waals surface area contributed by atoms with Crippen molar-refractivity contribution in [2.75, 3.05) is 12.3 Å². The topological polar surface area (TPSA) is 83.5 Å². The van der Waals surface area contributed by atoms with Gasteiger partial charge >= 0.3 is 5.97 Å². The molecular formula is C6H11F2NO4S. The molecule has 0 aromatic heterocycles. The standard InChI is InChI=1S/C6H11F2NO4S/c7-5(8)4-9-14(12,13)3-1-2-6(10)11/h5,9H,1-4H2,(H,10,11). The van der Waals surface area contributed by atoms with Gasteiger partial charge in [-0.25, -0.2) is 21.9 Å². The third-order valence-electron chi connectivity index (χ3n) is 1.26. The second-order valence-corrected chi connectivity index (χ2v) is 4.48. The van der Waals surface area contributed by atoms with E-state index < -0.39 is 34.7 Å². The van der Waals surface area contributed by atoms with Crippen LogP contribution in [0.15, 0.2) is 0 Å². The molecule has 14 heavy (non-hydrogen) atoms. The number of alkyl halides is 2. The fraction of sp³-hybridized carbons (Fsp3) is 0.833. The Balaban J connectivity index is 3.79. The molecule has 0 aromatic rings. The molecule has 0 aliphatic heterocycles. The third kappa shape index (κ3) is 7.87. The van der Waals surface area contributed by atoms with Crippen molar-refractivity contribution in [2.45, 2.75) is 19.3 Å². The van der Waals surface area contributed by atoms with E-state index in [1.54, 1.807) is 4.72 Å². The number of hydrogen-bond acceptors (Lipinski definition) is 3. The number of halogens is 2. The Kier molecular flexibility index (Phi) is 5.55. The molecule has 8 heteroatoms. The maximum Gasteiger partial charge on any atom is 0.303 e. The first kappa shape index (κ1) is 13.2. The maximum absolute atomic E-state index is 11.6. The first-order chi connectivity index (χ1) is 6.33. The first-order valence-corrected chi connectivity index (χ1v) is 5.46. The number of carboxylic acid groups (broad SMARTS) is 1. The van der Waals surface area contributed by atoms with E-state index in [4.69, 9.17) is 5.11 Å². The smallest absolute Gasteiger partial charge is 0.303 e. The lowest BCUT2D eigenvalue weighted by Crippen LogP contribution is -2.30. The van der Waals surface area contributed by atoms with E-state index in [-0.39, 0.29) is 12.8 Å². The van der Waals surface area contributed by atoms with Gasteiger partial charge in [0.25, 0.3) is 6.43 Å². The van der Waals surface area contributed by atoms with Gasteiger partial charge in [0.1, 0.15) is 0 Å². The van der Waals surface area contributed by atoms with Crippen LogP contribution in [0, 0.1) is 0 Å². The molecule has 0 spiro atoms. The van der Waals surface area contributed by atoms with Crippen molar-refractivity contribution in [1.82, 2.24) is 4.72 Å². The Hall–Kier alpha value is -0.760. The van der Waals surface area contributed by atoms with Crippen LogP contribution in [-0.4, -0.2) is 38.2 Å². The molecular weight excluding hydrogens is 220 g/mol. The van der Waals surface area contributed by atoms with Crippen LogP contribution in [0.3, 0.4) is 0 Å². The van der Waals surface area contributed by atoms with Gasteiger partial charge in [0.2, 0.25) is 10.0 Å². The van der Waals surface area contributed by atoms with Crippen molar-refractivity contribution < 1.29 is 27.1 Å². The summed E-state index contributed by atoms with van der Waals surface area (Å²) in [6.45, 7) is -0.935. The summed E-state index contributed by atoms with van der Waals surface area (Å²) in [4.78, 5) is 10.0. The minimum atomic E-state index is -3.77. The lowest BCUT2D eigenvalue weighted by Gasteiger charge is -2.04. The number of carbonyl (C=O) groups is 1. The van der Waals surface area contributed by atoms with Crippen molar-refractivity contribution >= 4 is 16.0 Å². The maximum atomic E-state index is 11.6. The highest BCUT2D eigenvalue weighted by molar-refractivity contribution is 7.89. The molecule has 0 aliphatic carbocycles. The lowest BCUT2D eigenvalue weighted by molar-refractivity contribution is -0.137. The largest absolute Gasteiger partial charge is 0.481 e. The summed E-state index contributed by atoms with van der Waals surface area (Å²) in [6.07, 6.45) is -3.13. The van der Waals surface area contributed by atoms with Crippen LogP contribution in [0.1, 0.15) is 12.8 Å². The molecule has 0 unspecified atom stereocenters. The van der Waals surface area contributed by atoms with Gasteiger partial charge < -0.3 is 5.11 Å². The highest BCUT2D eigenvalue weighted by atomic mass is 32.2. The Morgan fingerprint density at radius 3 is 2.43 bits per heavy atom. The van der Waals surface area contributed by atoms with E-state index in [1.165, 1.54) is 0 Å². The van der Waals surface area contributed by atoms with Gasteiger partial charge in [-0.1, -0.05) is 0 Å². The molecule has 0 rings (SSSR count). The van der Waals surface area contributed by atoms with Crippen molar-refractivity contribution in [3.05, 3.63) is 0 Å². The SMILES string of the molecule is O=C(O)CCCS(=O)(=O)NCC(F)F. The molecule has 0 radical (unpaired) electrons. The van der Waals surface area contributed by atoms with E-state index in [0.717, 1.165) is 0 Å². The summed E-state index contributed by atoms with van der Waals surface area (Å²) in [6, 6.07) is 0. The van der Waals surface area contributed by atoms with Crippen LogP contribution in [-0.2, 0) is 14.8 Å². The van der Waals surface area contributed by atoms with Crippen LogP contribution in [0.4, 0.5) is 8.78 Å². The van der Waals surface area contributed by atoms with E-state index in [0.29, 0.717) is 0 Å². The second-order valence-electron chi connectivity index (χ2n) is 2.56. The Morgan fingerprint density at radius 1 is 1.43 bits per heavy atom. The fourth-order valence-electron chi connectivity index (χ4n) is 0.676. The molecule has 0 heterocycles.